The number of rotatable bonds is 10. The van der Waals surface area contributed by atoms with Crippen molar-refractivity contribution in [3.63, 3.8) is 0 Å². The number of carbonyl (C=O) groups is 1. The highest BCUT2D eigenvalue weighted by Crippen LogP contribution is 2.20. The first kappa shape index (κ1) is 20.1. The van der Waals surface area contributed by atoms with Crippen LogP contribution in [-0.2, 0) is 14.3 Å². The summed E-state index contributed by atoms with van der Waals surface area (Å²) in [6.45, 7) is 13.7. The van der Waals surface area contributed by atoms with Crippen LogP contribution in [0.1, 0.15) is 54.4 Å². The van der Waals surface area contributed by atoms with Gasteiger partial charge < -0.3 is 14.8 Å². The van der Waals surface area contributed by atoms with E-state index in [0.29, 0.717) is 17.6 Å². The minimum Gasteiger partial charge on any atom is -0.375 e. The van der Waals surface area contributed by atoms with Crippen molar-refractivity contribution in [1.29, 1.82) is 0 Å². The van der Waals surface area contributed by atoms with Crippen LogP contribution in [0.3, 0.4) is 0 Å². The molecule has 0 spiro atoms. The molecule has 0 atom stereocenters. The van der Waals surface area contributed by atoms with Crippen molar-refractivity contribution in [2.45, 2.75) is 71.7 Å². The molecular formula is C15H30INO3. The normalized spacial score (nSPS) is 12.8. The Hall–Kier alpha value is 0.120. The first-order valence-corrected chi connectivity index (χ1v) is 8.75. The molecule has 0 aromatic carbocycles. The standard InChI is InChI=1S/C15H30INO3/c1-12(2)20-15(5,6)8-10-19-14(3,4)7-9-17-13(18)11-16/h12H,7-11H2,1-6H3,(H,17,18). The van der Waals surface area contributed by atoms with Crippen LogP contribution in [0.5, 0.6) is 0 Å². The Morgan fingerprint density at radius 3 is 2.25 bits per heavy atom. The SMILES string of the molecule is CC(C)OC(C)(C)CCOC(C)(C)CCNC(=O)CI. The number of hydrogen-bond donors (Lipinski definition) is 1. The Labute approximate surface area is 137 Å². The first-order chi connectivity index (χ1) is 9.08. The van der Waals surface area contributed by atoms with E-state index in [1.54, 1.807) is 0 Å². The van der Waals surface area contributed by atoms with Crippen molar-refractivity contribution >= 4 is 28.5 Å². The number of hydrogen-bond acceptors (Lipinski definition) is 3. The lowest BCUT2D eigenvalue weighted by Gasteiger charge is -2.31. The number of nitrogens with one attached hydrogen (secondary N) is 1. The van der Waals surface area contributed by atoms with Gasteiger partial charge in [0.15, 0.2) is 0 Å². The lowest BCUT2D eigenvalue weighted by atomic mass is 10.0. The van der Waals surface area contributed by atoms with Gasteiger partial charge in [-0.3, -0.25) is 4.79 Å². The Morgan fingerprint density at radius 2 is 1.75 bits per heavy atom. The number of ether oxygens (including phenoxy) is 2. The Balaban J connectivity index is 3.94. The second-order valence-corrected chi connectivity index (χ2v) is 7.28. The van der Waals surface area contributed by atoms with Gasteiger partial charge in [0, 0.05) is 6.54 Å². The summed E-state index contributed by atoms with van der Waals surface area (Å²) in [5, 5.41) is 2.87. The summed E-state index contributed by atoms with van der Waals surface area (Å²) in [4.78, 5) is 11.2. The average molecular weight is 399 g/mol. The molecule has 20 heavy (non-hydrogen) atoms. The number of halogens is 1. The third-order valence-electron chi connectivity index (χ3n) is 2.92. The topological polar surface area (TPSA) is 47.6 Å². The third-order valence-corrected chi connectivity index (χ3v) is 3.62. The van der Waals surface area contributed by atoms with E-state index in [1.165, 1.54) is 0 Å². The highest BCUT2D eigenvalue weighted by molar-refractivity contribution is 14.1. The van der Waals surface area contributed by atoms with Crippen LogP contribution in [0.25, 0.3) is 0 Å². The molecule has 0 saturated heterocycles. The van der Waals surface area contributed by atoms with Crippen molar-refractivity contribution in [3.05, 3.63) is 0 Å². The first-order valence-electron chi connectivity index (χ1n) is 7.22. The molecule has 1 amide bonds. The van der Waals surface area contributed by atoms with Crippen molar-refractivity contribution in [2.75, 3.05) is 17.6 Å². The maximum atomic E-state index is 11.2. The highest BCUT2D eigenvalue weighted by atomic mass is 127. The number of amides is 1. The molecule has 0 heterocycles. The molecule has 0 aromatic rings. The van der Waals surface area contributed by atoms with Crippen molar-refractivity contribution in [2.24, 2.45) is 0 Å². The molecular weight excluding hydrogens is 369 g/mol. The van der Waals surface area contributed by atoms with Gasteiger partial charge in [0.1, 0.15) is 0 Å². The summed E-state index contributed by atoms with van der Waals surface area (Å²) >= 11 is 2.06. The molecule has 120 valence electrons. The second kappa shape index (κ2) is 9.20. The van der Waals surface area contributed by atoms with Gasteiger partial charge in [-0.15, -0.1) is 0 Å². The molecule has 0 aliphatic heterocycles. The van der Waals surface area contributed by atoms with Crippen LogP contribution < -0.4 is 5.32 Å². The third kappa shape index (κ3) is 10.9. The van der Waals surface area contributed by atoms with Gasteiger partial charge in [-0.1, -0.05) is 22.6 Å². The van der Waals surface area contributed by atoms with E-state index in [0.717, 1.165) is 12.8 Å². The fourth-order valence-electron chi connectivity index (χ4n) is 1.89. The van der Waals surface area contributed by atoms with E-state index in [2.05, 4.69) is 55.6 Å². The highest BCUT2D eigenvalue weighted by Gasteiger charge is 2.23. The van der Waals surface area contributed by atoms with Crippen molar-refractivity contribution < 1.29 is 14.3 Å². The van der Waals surface area contributed by atoms with E-state index >= 15 is 0 Å². The number of alkyl halides is 1. The smallest absolute Gasteiger partial charge is 0.229 e. The second-order valence-electron chi connectivity index (χ2n) is 6.52. The minimum atomic E-state index is -0.230. The van der Waals surface area contributed by atoms with Crippen LogP contribution in [0.4, 0.5) is 0 Å². The van der Waals surface area contributed by atoms with Crippen molar-refractivity contribution in [3.8, 4) is 0 Å². The maximum Gasteiger partial charge on any atom is 0.229 e. The molecule has 1 N–H and O–H groups in total. The fourth-order valence-corrected chi connectivity index (χ4v) is 2.16. The number of carbonyl (C=O) groups excluding carboxylic acids is 1. The monoisotopic (exact) mass is 399 g/mol. The van der Waals surface area contributed by atoms with Crippen LogP contribution in [-0.4, -0.2) is 40.8 Å². The van der Waals surface area contributed by atoms with Gasteiger partial charge in [0.25, 0.3) is 0 Å². The minimum absolute atomic E-state index is 0.0767. The zero-order valence-corrected chi connectivity index (χ0v) is 15.9. The van der Waals surface area contributed by atoms with Crippen LogP contribution >= 0.6 is 22.6 Å². The largest absolute Gasteiger partial charge is 0.375 e. The molecule has 0 aliphatic rings. The van der Waals surface area contributed by atoms with Gasteiger partial charge in [-0.05, 0) is 54.4 Å². The van der Waals surface area contributed by atoms with Crippen molar-refractivity contribution in [1.82, 2.24) is 5.32 Å². The molecule has 0 fully saturated rings. The van der Waals surface area contributed by atoms with E-state index in [9.17, 15) is 4.79 Å². The van der Waals surface area contributed by atoms with E-state index < -0.39 is 0 Å². The Kier molecular flexibility index (Phi) is 9.26. The summed E-state index contributed by atoms with van der Waals surface area (Å²) < 4.78 is 12.3. The molecule has 0 unspecified atom stereocenters. The quantitative estimate of drug-likeness (QED) is 0.453. The Morgan fingerprint density at radius 1 is 1.15 bits per heavy atom. The van der Waals surface area contributed by atoms with Gasteiger partial charge in [0.05, 0.1) is 28.3 Å². The van der Waals surface area contributed by atoms with E-state index in [1.807, 2.05) is 13.8 Å². The summed E-state index contributed by atoms with van der Waals surface area (Å²) in [7, 11) is 0. The van der Waals surface area contributed by atoms with Crippen LogP contribution in [0.2, 0.25) is 0 Å². The molecule has 0 rings (SSSR count). The van der Waals surface area contributed by atoms with Crippen LogP contribution in [0, 0.1) is 0 Å². The van der Waals surface area contributed by atoms with Gasteiger partial charge in [-0.2, -0.15) is 0 Å². The molecule has 4 nitrogen and oxygen atoms in total. The summed E-state index contributed by atoms with van der Waals surface area (Å²) in [6.07, 6.45) is 1.89. The summed E-state index contributed by atoms with van der Waals surface area (Å²) in [5.41, 5.74) is -0.397. The lowest BCUT2D eigenvalue weighted by Crippen LogP contribution is -2.35. The molecule has 0 bridgehead atoms. The maximum absolute atomic E-state index is 11.2. The zero-order chi connectivity index (χ0) is 15.8. The summed E-state index contributed by atoms with van der Waals surface area (Å²) in [6, 6.07) is 0. The van der Waals surface area contributed by atoms with E-state index in [-0.39, 0.29) is 23.2 Å². The van der Waals surface area contributed by atoms with Gasteiger partial charge in [-0.25, -0.2) is 0 Å². The van der Waals surface area contributed by atoms with Crippen LogP contribution in [0.15, 0.2) is 0 Å². The zero-order valence-electron chi connectivity index (χ0n) is 13.7. The molecule has 5 heteroatoms. The molecule has 0 saturated carbocycles. The van der Waals surface area contributed by atoms with Gasteiger partial charge in [0.2, 0.25) is 5.91 Å². The average Bonchev–Trinajstić information content (AvgIpc) is 2.25. The van der Waals surface area contributed by atoms with E-state index in [4.69, 9.17) is 9.47 Å². The molecule has 0 aliphatic carbocycles. The predicted octanol–water partition coefficient (Wildman–Crippen LogP) is 3.32. The summed E-state index contributed by atoms with van der Waals surface area (Å²) in [5.74, 6) is 0.0767. The molecule has 0 radical (unpaired) electrons. The Bertz CT molecular complexity index is 291. The fraction of sp³-hybridized carbons (Fsp3) is 0.933. The molecule has 0 aromatic heterocycles. The van der Waals surface area contributed by atoms with Gasteiger partial charge >= 0.3 is 0 Å². The predicted molar refractivity (Wildman–Crippen MR) is 91.5 cm³/mol. The lowest BCUT2D eigenvalue weighted by molar-refractivity contribution is -0.118.